The number of aromatic nitrogens is 1. The summed E-state index contributed by atoms with van der Waals surface area (Å²) in [7, 11) is 0. The maximum absolute atomic E-state index is 11.8. The van der Waals surface area contributed by atoms with Gasteiger partial charge in [-0.3, -0.25) is 9.78 Å². The van der Waals surface area contributed by atoms with Crippen LogP contribution in [0.25, 0.3) is 0 Å². The Bertz CT molecular complexity index is 608. The fourth-order valence-corrected chi connectivity index (χ4v) is 2.71. The molecule has 1 heterocycles. The molecule has 0 saturated heterocycles. The number of nitrogens with zero attached hydrogens (tertiary/aromatic N) is 1. The Morgan fingerprint density at radius 3 is 2.76 bits per heavy atom. The molecule has 0 unspecified atom stereocenters. The SMILES string of the molecule is O=C(CSCCc1ccccn1)Nc1ccc(Cl)c(Cl)c1. The Hall–Kier alpha value is -1.23. The van der Waals surface area contributed by atoms with Crippen molar-refractivity contribution in [1.29, 1.82) is 0 Å². The molecule has 2 aromatic rings. The number of thioether (sulfide) groups is 1. The van der Waals surface area contributed by atoms with Crippen LogP contribution >= 0.6 is 35.0 Å². The highest BCUT2D eigenvalue weighted by atomic mass is 35.5. The molecule has 0 bridgehead atoms. The Morgan fingerprint density at radius 2 is 2.05 bits per heavy atom. The van der Waals surface area contributed by atoms with E-state index < -0.39 is 0 Å². The quantitative estimate of drug-likeness (QED) is 0.797. The second-order valence-corrected chi connectivity index (χ2v) is 6.22. The van der Waals surface area contributed by atoms with Crippen molar-refractivity contribution in [3.8, 4) is 0 Å². The van der Waals surface area contributed by atoms with Crippen LogP contribution in [-0.4, -0.2) is 22.4 Å². The van der Waals surface area contributed by atoms with Crippen LogP contribution in [0.4, 0.5) is 5.69 Å². The Morgan fingerprint density at radius 1 is 1.19 bits per heavy atom. The number of amides is 1. The first-order chi connectivity index (χ1) is 10.1. The number of hydrogen-bond acceptors (Lipinski definition) is 3. The second-order valence-electron chi connectivity index (χ2n) is 4.30. The lowest BCUT2D eigenvalue weighted by Crippen LogP contribution is -2.14. The van der Waals surface area contributed by atoms with Crippen molar-refractivity contribution in [2.45, 2.75) is 6.42 Å². The predicted molar refractivity (Wildman–Crippen MR) is 90.4 cm³/mol. The van der Waals surface area contributed by atoms with Gasteiger partial charge >= 0.3 is 0 Å². The van der Waals surface area contributed by atoms with E-state index in [1.807, 2.05) is 18.2 Å². The fraction of sp³-hybridized carbons (Fsp3) is 0.200. The van der Waals surface area contributed by atoms with Crippen molar-refractivity contribution in [2.24, 2.45) is 0 Å². The van der Waals surface area contributed by atoms with E-state index in [2.05, 4.69) is 10.3 Å². The lowest BCUT2D eigenvalue weighted by atomic mass is 10.3. The van der Waals surface area contributed by atoms with Crippen molar-refractivity contribution in [1.82, 2.24) is 4.98 Å². The number of anilines is 1. The van der Waals surface area contributed by atoms with E-state index in [0.29, 0.717) is 21.5 Å². The highest BCUT2D eigenvalue weighted by Gasteiger charge is 2.05. The molecule has 3 nitrogen and oxygen atoms in total. The summed E-state index contributed by atoms with van der Waals surface area (Å²) in [5.41, 5.74) is 1.69. The number of carbonyl (C=O) groups is 1. The molecule has 0 aliphatic carbocycles. The lowest BCUT2D eigenvalue weighted by molar-refractivity contribution is -0.113. The molecular weight excluding hydrogens is 327 g/mol. The molecule has 0 saturated carbocycles. The van der Waals surface area contributed by atoms with Crippen LogP contribution in [0.15, 0.2) is 42.6 Å². The van der Waals surface area contributed by atoms with Crippen molar-refractivity contribution in [3.05, 3.63) is 58.3 Å². The Labute approximate surface area is 138 Å². The number of aryl methyl sites for hydroxylation is 1. The average Bonchev–Trinajstić information content (AvgIpc) is 2.49. The van der Waals surface area contributed by atoms with Crippen LogP contribution in [0.1, 0.15) is 5.69 Å². The molecule has 0 radical (unpaired) electrons. The maximum Gasteiger partial charge on any atom is 0.234 e. The van der Waals surface area contributed by atoms with Gasteiger partial charge in [-0.05, 0) is 42.5 Å². The van der Waals surface area contributed by atoms with Crippen molar-refractivity contribution < 1.29 is 4.79 Å². The summed E-state index contributed by atoms with van der Waals surface area (Å²) in [6.45, 7) is 0. The number of hydrogen-bond donors (Lipinski definition) is 1. The summed E-state index contributed by atoms with van der Waals surface area (Å²) < 4.78 is 0. The zero-order chi connectivity index (χ0) is 15.1. The van der Waals surface area contributed by atoms with Gasteiger partial charge in [-0.25, -0.2) is 0 Å². The lowest BCUT2D eigenvalue weighted by Gasteiger charge is -2.06. The molecule has 1 N–H and O–H groups in total. The molecule has 0 aliphatic rings. The molecule has 21 heavy (non-hydrogen) atoms. The Kier molecular flexibility index (Phi) is 6.36. The summed E-state index contributed by atoms with van der Waals surface area (Å²) >= 11 is 13.3. The second kappa shape index (κ2) is 8.27. The first-order valence-electron chi connectivity index (χ1n) is 6.38. The minimum atomic E-state index is -0.0561. The zero-order valence-corrected chi connectivity index (χ0v) is 13.5. The average molecular weight is 341 g/mol. The molecular formula is C15H14Cl2N2OS. The molecule has 0 aliphatic heterocycles. The minimum Gasteiger partial charge on any atom is -0.325 e. The molecule has 1 aromatic carbocycles. The van der Waals surface area contributed by atoms with Gasteiger partial charge in [0.2, 0.25) is 5.91 Å². The van der Waals surface area contributed by atoms with Gasteiger partial charge in [0.05, 0.1) is 15.8 Å². The summed E-state index contributed by atoms with van der Waals surface area (Å²) in [4.78, 5) is 16.0. The van der Waals surface area contributed by atoms with Gasteiger partial charge in [-0.2, -0.15) is 11.8 Å². The normalized spacial score (nSPS) is 10.4. The summed E-state index contributed by atoms with van der Waals surface area (Å²) in [5.74, 6) is 1.19. The third-order valence-electron chi connectivity index (χ3n) is 2.67. The van der Waals surface area contributed by atoms with E-state index >= 15 is 0 Å². The minimum absolute atomic E-state index is 0.0561. The van der Waals surface area contributed by atoms with Crippen molar-refractivity contribution in [3.63, 3.8) is 0 Å². The smallest absolute Gasteiger partial charge is 0.234 e. The molecule has 1 amide bonds. The summed E-state index contributed by atoms with van der Waals surface area (Å²) in [6.07, 6.45) is 2.63. The number of rotatable bonds is 6. The molecule has 1 aromatic heterocycles. The van der Waals surface area contributed by atoms with E-state index in [9.17, 15) is 4.79 Å². The van der Waals surface area contributed by atoms with Crippen LogP contribution in [0.5, 0.6) is 0 Å². The van der Waals surface area contributed by atoms with Gasteiger partial charge in [0.25, 0.3) is 0 Å². The van der Waals surface area contributed by atoms with Gasteiger partial charge < -0.3 is 5.32 Å². The molecule has 0 spiro atoms. The third-order valence-corrected chi connectivity index (χ3v) is 4.36. The first-order valence-corrected chi connectivity index (χ1v) is 8.29. The summed E-state index contributed by atoms with van der Waals surface area (Å²) in [5, 5.41) is 3.69. The summed E-state index contributed by atoms with van der Waals surface area (Å²) in [6, 6.07) is 10.9. The van der Waals surface area contributed by atoms with E-state index in [-0.39, 0.29) is 5.91 Å². The van der Waals surface area contributed by atoms with E-state index in [1.165, 1.54) is 0 Å². The standard InChI is InChI=1S/C15H14Cl2N2OS/c16-13-5-4-12(9-14(13)17)19-15(20)10-21-8-6-11-3-1-2-7-18-11/h1-5,7,9H,6,8,10H2,(H,19,20). The number of pyridine rings is 1. The largest absolute Gasteiger partial charge is 0.325 e. The molecule has 0 atom stereocenters. The van der Waals surface area contributed by atoms with Crippen LogP contribution in [0.3, 0.4) is 0 Å². The number of halogens is 2. The number of carbonyl (C=O) groups excluding carboxylic acids is 1. The molecule has 0 fully saturated rings. The van der Waals surface area contributed by atoms with E-state index in [1.54, 1.807) is 36.2 Å². The number of nitrogens with one attached hydrogen (secondary N) is 1. The highest BCUT2D eigenvalue weighted by molar-refractivity contribution is 7.99. The van der Waals surface area contributed by atoms with Crippen LogP contribution in [0.2, 0.25) is 10.0 Å². The maximum atomic E-state index is 11.8. The van der Waals surface area contributed by atoms with Gasteiger partial charge in [-0.1, -0.05) is 29.3 Å². The highest BCUT2D eigenvalue weighted by Crippen LogP contribution is 2.25. The van der Waals surface area contributed by atoms with E-state index in [4.69, 9.17) is 23.2 Å². The van der Waals surface area contributed by atoms with Crippen LogP contribution in [0, 0.1) is 0 Å². The predicted octanol–water partition coefficient (Wildman–Crippen LogP) is 4.30. The molecule has 2 rings (SSSR count). The zero-order valence-electron chi connectivity index (χ0n) is 11.2. The monoisotopic (exact) mass is 340 g/mol. The van der Waals surface area contributed by atoms with Crippen molar-refractivity contribution in [2.75, 3.05) is 16.8 Å². The van der Waals surface area contributed by atoms with Gasteiger partial charge in [0.1, 0.15) is 0 Å². The van der Waals surface area contributed by atoms with Gasteiger partial charge in [0.15, 0.2) is 0 Å². The molecule has 6 heteroatoms. The Balaban J connectivity index is 1.71. The van der Waals surface area contributed by atoms with E-state index in [0.717, 1.165) is 17.9 Å². The fourth-order valence-electron chi connectivity index (χ4n) is 1.66. The number of benzene rings is 1. The topological polar surface area (TPSA) is 42.0 Å². The van der Waals surface area contributed by atoms with Crippen LogP contribution < -0.4 is 5.32 Å². The first kappa shape index (κ1) is 16.1. The molecule has 110 valence electrons. The van der Waals surface area contributed by atoms with Gasteiger partial charge in [-0.15, -0.1) is 0 Å². The van der Waals surface area contributed by atoms with Gasteiger partial charge in [0, 0.05) is 17.6 Å². The van der Waals surface area contributed by atoms with Crippen LogP contribution in [-0.2, 0) is 11.2 Å². The third kappa shape index (κ3) is 5.58. The van der Waals surface area contributed by atoms with Crippen molar-refractivity contribution >= 4 is 46.6 Å².